The Morgan fingerprint density at radius 1 is 1.07 bits per heavy atom. The minimum Gasteiger partial charge on any atom is -0.493 e. The zero-order valence-corrected chi connectivity index (χ0v) is 18.4. The lowest BCUT2D eigenvalue weighted by molar-refractivity contribution is 0.217. The fourth-order valence-electron chi connectivity index (χ4n) is 3.77. The fourth-order valence-corrected chi connectivity index (χ4v) is 3.77. The normalized spacial score (nSPS) is 13.4. The van der Waals surface area contributed by atoms with Gasteiger partial charge < -0.3 is 25.4 Å². The van der Waals surface area contributed by atoms with Crippen LogP contribution >= 0.6 is 0 Å². The summed E-state index contributed by atoms with van der Waals surface area (Å²) in [6.45, 7) is 8.36. The van der Waals surface area contributed by atoms with Gasteiger partial charge in [-0.05, 0) is 73.3 Å². The summed E-state index contributed by atoms with van der Waals surface area (Å²) in [7, 11) is 1.66. The Hall–Kier alpha value is -2.73. The number of hydrogen-bond acceptors (Lipinski definition) is 4. The van der Waals surface area contributed by atoms with E-state index in [2.05, 4.69) is 47.3 Å². The lowest BCUT2D eigenvalue weighted by atomic mass is 10.1. The Bertz CT molecular complexity index is 862. The highest BCUT2D eigenvalue weighted by atomic mass is 16.5. The SMILES string of the molecule is CCN(CC)CCOc1ccc(CN=C(N)Nc2ccc3c(c2)CCC3)cc1OC. The maximum absolute atomic E-state index is 6.10. The van der Waals surface area contributed by atoms with Crippen molar-refractivity contribution in [1.29, 1.82) is 0 Å². The summed E-state index contributed by atoms with van der Waals surface area (Å²) in [5.41, 5.74) is 11.0. The quantitative estimate of drug-likeness (QED) is 0.460. The molecule has 6 heteroatoms. The molecule has 2 aromatic rings. The molecule has 0 amide bonds. The number of aryl methyl sites for hydroxylation is 2. The number of likely N-dealkylation sites (N-methyl/N-ethyl adjacent to an activating group) is 1. The minimum atomic E-state index is 0.409. The highest BCUT2D eigenvalue weighted by molar-refractivity contribution is 5.92. The maximum atomic E-state index is 6.10. The first kappa shape index (κ1) is 22.0. The molecule has 0 heterocycles. The molecule has 0 saturated heterocycles. The predicted molar refractivity (Wildman–Crippen MR) is 124 cm³/mol. The molecule has 6 nitrogen and oxygen atoms in total. The van der Waals surface area contributed by atoms with Crippen molar-refractivity contribution in [2.45, 2.75) is 39.7 Å². The van der Waals surface area contributed by atoms with E-state index in [9.17, 15) is 0 Å². The highest BCUT2D eigenvalue weighted by Crippen LogP contribution is 2.28. The number of nitrogens with one attached hydrogen (secondary N) is 1. The monoisotopic (exact) mass is 410 g/mol. The zero-order chi connectivity index (χ0) is 21.3. The molecule has 30 heavy (non-hydrogen) atoms. The van der Waals surface area contributed by atoms with Gasteiger partial charge in [0.05, 0.1) is 13.7 Å². The van der Waals surface area contributed by atoms with Crippen LogP contribution in [0.3, 0.4) is 0 Å². The topological polar surface area (TPSA) is 72.1 Å². The number of ether oxygens (including phenoxy) is 2. The lowest BCUT2D eigenvalue weighted by Crippen LogP contribution is -2.27. The van der Waals surface area contributed by atoms with Crippen molar-refractivity contribution in [3.8, 4) is 11.5 Å². The van der Waals surface area contributed by atoms with Crippen molar-refractivity contribution >= 4 is 11.6 Å². The van der Waals surface area contributed by atoms with E-state index < -0.39 is 0 Å². The lowest BCUT2D eigenvalue weighted by Gasteiger charge is -2.18. The first-order valence-electron chi connectivity index (χ1n) is 10.8. The Kier molecular flexibility index (Phi) is 7.97. The summed E-state index contributed by atoms with van der Waals surface area (Å²) in [6, 6.07) is 12.3. The molecule has 0 atom stereocenters. The summed E-state index contributed by atoms with van der Waals surface area (Å²) in [4.78, 5) is 6.80. The third-order valence-electron chi connectivity index (χ3n) is 5.59. The van der Waals surface area contributed by atoms with Crippen LogP contribution in [0.2, 0.25) is 0 Å². The van der Waals surface area contributed by atoms with E-state index in [0.717, 1.165) is 43.1 Å². The second-order valence-electron chi connectivity index (χ2n) is 7.52. The first-order valence-corrected chi connectivity index (χ1v) is 10.8. The molecular weight excluding hydrogens is 376 g/mol. The fraction of sp³-hybridized carbons (Fsp3) is 0.458. The van der Waals surface area contributed by atoms with Crippen molar-refractivity contribution in [3.63, 3.8) is 0 Å². The molecule has 0 fully saturated rings. The molecule has 0 saturated carbocycles. The summed E-state index contributed by atoms with van der Waals surface area (Å²) in [5.74, 6) is 1.88. The summed E-state index contributed by atoms with van der Waals surface area (Å²) in [5, 5.41) is 3.20. The second kappa shape index (κ2) is 10.9. The standard InChI is InChI=1S/C24H34N4O2/c1-4-28(5-2)13-14-30-22-12-9-18(15-23(22)29-3)17-26-24(25)27-21-11-10-19-7-6-8-20(19)16-21/h9-12,15-16H,4-8,13-14,17H2,1-3H3,(H3,25,26,27). The molecule has 0 unspecified atom stereocenters. The summed E-state index contributed by atoms with van der Waals surface area (Å²) in [6.07, 6.45) is 3.56. The van der Waals surface area contributed by atoms with Gasteiger partial charge in [0.25, 0.3) is 0 Å². The molecule has 162 valence electrons. The van der Waals surface area contributed by atoms with Gasteiger partial charge >= 0.3 is 0 Å². The number of benzene rings is 2. The molecule has 2 aromatic carbocycles. The Balaban J connectivity index is 1.56. The third kappa shape index (κ3) is 5.89. The van der Waals surface area contributed by atoms with Gasteiger partial charge in [-0.3, -0.25) is 0 Å². The number of aliphatic imine (C=N–C) groups is 1. The van der Waals surface area contributed by atoms with Gasteiger partial charge in [0.15, 0.2) is 17.5 Å². The number of anilines is 1. The van der Waals surface area contributed by atoms with Gasteiger partial charge in [0, 0.05) is 12.2 Å². The first-order chi connectivity index (χ1) is 14.6. The van der Waals surface area contributed by atoms with Crippen LogP contribution in [0.4, 0.5) is 5.69 Å². The number of guanidine groups is 1. The van der Waals surface area contributed by atoms with Gasteiger partial charge in [-0.1, -0.05) is 26.0 Å². The van der Waals surface area contributed by atoms with Crippen LogP contribution in [-0.4, -0.2) is 44.2 Å². The van der Waals surface area contributed by atoms with Crippen molar-refractivity contribution in [1.82, 2.24) is 4.90 Å². The zero-order valence-electron chi connectivity index (χ0n) is 18.4. The van der Waals surface area contributed by atoms with E-state index in [0.29, 0.717) is 24.9 Å². The number of rotatable bonds is 10. The maximum Gasteiger partial charge on any atom is 0.193 e. The van der Waals surface area contributed by atoms with Gasteiger partial charge in [0.1, 0.15) is 6.61 Å². The van der Waals surface area contributed by atoms with Crippen LogP contribution in [0.5, 0.6) is 11.5 Å². The molecule has 0 spiro atoms. The van der Waals surface area contributed by atoms with Gasteiger partial charge in [-0.2, -0.15) is 0 Å². The number of methoxy groups -OCH3 is 1. The van der Waals surface area contributed by atoms with E-state index >= 15 is 0 Å². The highest BCUT2D eigenvalue weighted by Gasteiger charge is 2.11. The molecule has 0 aliphatic heterocycles. The van der Waals surface area contributed by atoms with Gasteiger partial charge in [-0.25, -0.2) is 4.99 Å². The third-order valence-corrected chi connectivity index (χ3v) is 5.59. The van der Waals surface area contributed by atoms with Gasteiger partial charge in [0.2, 0.25) is 0 Å². The van der Waals surface area contributed by atoms with Crippen LogP contribution in [0.1, 0.15) is 37.0 Å². The molecule has 0 bridgehead atoms. The van der Waals surface area contributed by atoms with Crippen molar-refractivity contribution in [3.05, 3.63) is 53.1 Å². The van der Waals surface area contributed by atoms with Crippen LogP contribution in [0, 0.1) is 0 Å². The number of fused-ring (bicyclic) bond motifs is 1. The van der Waals surface area contributed by atoms with Crippen LogP contribution < -0.4 is 20.5 Å². The number of nitrogens with two attached hydrogens (primary N) is 1. The van der Waals surface area contributed by atoms with Crippen LogP contribution in [0.25, 0.3) is 0 Å². The smallest absolute Gasteiger partial charge is 0.193 e. The van der Waals surface area contributed by atoms with E-state index in [1.165, 1.54) is 24.0 Å². The Morgan fingerprint density at radius 3 is 2.63 bits per heavy atom. The summed E-state index contributed by atoms with van der Waals surface area (Å²) < 4.78 is 11.4. The molecular formula is C24H34N4O2. The summed E-state index contributed by atoms with van der Waals surface area (Å²) >= 11 is 0. The molecule has 1 aliphatic rings. The largest absolute Gasteiger partial charge is 0.493 e. The van der Waals surface area contributed by atoms with Crippen molar-refractivity contribution < 1.29 is 9.47 Å². The second-order valence-corrected chi connectivity index (χ2v) is 7.52. The Morgan fingerprint density at radius 2 is 1.87 bits per heavy atom. The average molecular weight is 411 g/mol. The van der Waals surface area contributed by atoms with E-state index in [1.807, 2.05) is 18.2 Å². The number of nitrogens with zero attached hydrogens (tertiary/aromatic N) is 2. The van der Waals surface area contributed by atoms with E-state index in [-0.39, 0.29) is 0 Å². The van der Waals surface area contributed by atoms with Crippen LogP contribution in [0.15, 0.2) is 41.4 Å². The molecule has 0 radical (unpaired) electrons. The minimum absolute atomic E-state index is 0.409. The molecule has 1 aliphatic carbocycles. The van der Waals surface area contributed by atoms with Gasteiger partial charge in [-0.15, -0.1) is 0 Å². The Labute approximate surface area is 180 Å². The molecule has 3 rings (SSSR count). The average Bonchev–Trinajstić information content (AvgIpc) is 3.23. The predicted octanol–water partition coefficient (Wildman–Crippen LogP) is 3.83. The van der Waals surface area contributed by atoms with E-state index in [1.54, 1.807) is 7.11 Å². The van der Waals surface area contributed by atoms with Crippen molar-refractivity contribution in [2.24, 2.45) is 10.7 Å². The van der Waals surface area contributed by atoms with Crippen molar-refractivity contribution in [2.75, 3.05) is 38.7 Å². The molecule has 0 aromatic heterocycles. The number of hydrogen-bond donors (Lipinski definition) is 2. The molecule has 3 N–H and O–H groups in total. The van der Waals surface area contributed by atoms with Crippen LogP contribution in [-0.2, 0) is 19.4 Å². The van der Waals surface area contributed by atoms with E-state index in [4.69, 9.17) is 15.2 Å².